The first-order valence-electron chi connectivity index (χ1n) is 7.50. The zero-order valence-electron chi connectivity index (χ0n) is 12.8. The van der Waals surface area contributed by atoms with Gasteiger partial charge in [-0.05, 0) is 48.5 Å². The third-order valence-electron chi connectivity index (χ3n) is 3.79. The largest absolute Gasteiger partial charge is 0.349 e. The Labute approximate surface area is 140 Å². The molecule has 4 rings (SSSR count). The Hall–Kier alpha value is -3.48. The molecule has 0 radical (unpaired) electrons. The number of hydrogen-bond donors (Lipinski definition) is 3. The van der Waals surface area contributed by atoms with Gasteiger partial charge >= 0.3 is 0 Å². The topological polar surface area (TPSA) is 73.6 Å². The summed E-state index contributed by atoms with van der Waals surface area (Å²) in [6.45, 7) is 0. The van der Waals surface area contributed by atoms with Crippen LogP contribution >= 0.6 is 0 Å². The minimum Gasteiger partial charge on any atom is -0.349 e. The smallest absolute Gasteiger partial charge is 0.272 e. The summed E-state index contributed by atoms with van der Waals surface area (Å²) in [6.07, 6.45) is 0. The molecule has 2 aromatic carbocycles. The molecule has 2 heterocycles. The van der Waals surface area contributed by atoms with Crippen LogP contribution in [0.3, 0.4) is 0 Å². The summed E-state index contributed by atoms with van der Waals surface area (Å²) in [5.41, 5.74) is 2.43. The number of anilines is 1. The Morgan fingerprint density at radius 1 is 1.00 bits per heavy atom. The van der Waals surface area contributed by atoms with Crippen LogP contribution in [0.2, 0.25) is 0 Å². The molecule has 0 bridgehead atoms. The lowest BCUT2D eigenvalue weighted by Gasteiger charge is -2.03. The fraction of sp³-hybridized carbons (Fsp3) is 0. The van der Waals surface area contributed by atoms with Gasteiger partial charge in [0.25, 0.3) is 5.91 Å². The van der Waals surface area contributed by atoms with Crippen molar-refractivity contribution in [2.75, 3.05) is 5.32 Å². The summed E-state index contributed by atoms with van der Waals surface area (Å²) in [6, 6.07) is 13.3. The molecule has 7 heteroatoms. The molecule has 1 amide bonds. The van der Waals surface area contributed by atoms with Gasteiger partial charge in [0, 0.05) is 11.1 Å². The van der Waals surface area contributed by atoms with Crippen LogP contribution < -0.4 is 5.32 Å². The van der Waals surface area contributed by atoms with Crippen LogP contribution in [-0.4, -0.2) is 21.1 Å². The summed E-state index contributed by atoms with van der Waals surface area (Å²) in [5.74, 6) is -1.19. The van der Waals surface area contributed by atoms with Gasteiger partial charge in [-0.15, -0.1) is 0 Å². The number of fused-ring (bicyclic) bond motifs is 1. The number of rotatable bonds is 3. The number of aromatic nitrogens is 3. The maximum atomic E-state index is 13.3. The fourth-order valence-electron chi connectivity index (χ4n) is 2.63. The molecule has 0 unspecified atom stereocenters. The maximum absolute atomic E-state index is 13.3. The van der Waals surface area contributed by atoms with E-state index in [2.05, 4.69) is 20.5 Å². The first kappa shape index (κ1) is 15.1. The van der Waals surface area contributed by atoms with Gasteiger partial charge in [-0.25, -0.2) is 8.78 Å². The van der Waals surface area contributed by atoms with E-state index in [1.165, 1.54) is 30.3 Å². The number of carbonyl (C=O) groups excluding carboxylic acids is 1. The number of aromatic amines is 2. The Balaban J connectivity index is 1.62. The molecule has 2 aromatic heterocycles. The van der Waals surface area contributed by atoms with Gasteiger partial charge in [-0.3, -0.25) is 9.89 Å². The predicted octanol–water partition coefficient (Wildman–Crippen LogP) is 4.09. The molecule has 0 saturated heterocycles. The molecule has 0 aliphatic carbocycles. The van der Waals surface area contributed by atoms with E-state index in [9.17, 15) is 13.6 Å². The van der Waals surface area contributed by atoms with Crippen molar-refractivity contribution >= 4 is 22.5 Å². The van der Waals surface area contributed by atoms with Crippen molar-refractivity contribution in [2.45, 2.75) is 0 Å². The molecule has 0 aliphatic heterocycles. The molecule has 5 nitrogen and oxygen atoms in total. The number of amides is 1. The van der Waals surface area contributed by atoms with E-state index in [0.29, 0.717) is 28.3 Å². The number of nitrogens with zero attached hydrogens (tertiary/aromatic N) is 1. The third-order valence-corrected chi connectivity index (χ3v) is 3.79. The second-order valence-electron chi connectivity index (χ2n) is 5.51. The van der Waals surface area contributed by atoms with E-state index >= 15 is 0 Å². The quantitative estimate of drug-likeness (QED) is 0.526. The lowest BCUT2D eigenvalue weighted by Crippen LogP contribution is -2.12. The average Bonchev–Trinajstić information content (AvgIpc) is 3.20. The van der Waals surface area contributed by atoms with Crippen LogP contribution in [0.4, 0.5) is 14.5 Å². The van der Waals surface area contributed by atoms with Gasteiger partial charge in [0.05, 0.1) is 11.2 Å². The standard InChI is InChI=1S/C18H12F2N4O/c19-10-2-1-3-12(8-10)21-18(25)15-7-6-14(22-15)17-13-5-4-11(20)9-16(13)23-24-17/h1-9,22H,(H,21,25)(H,23,24). The molecule has 4 aromatic rings. The first-order valence-corrected chi connectivity index (χ1v) is 7.50. The molecule has 0 aliphatic rings. The van der Waals surface area contributed by atoms with E-state index < -0.39 is 11.7 Å². The summed E-state index contributed by atoms with van der Waals surface area (Å²) < 4.78 is 26.4. The third kappa shape index (κ3) is 2.87. The SMILES string of the molecule is O=C(Nc1cccc(F)c1)c1ccc(-c2n[nH]c3cc(F)ccc23)[nH]1. The van der Waals surface area contributed by atoms with Crippen molar-refractivity contribution in [3.8, 4) is 11.4 Å². The summed E-state index contributed by atoms with van der Waals surface area (Å²) in [7, 11) is 0. The van der Waals surface area contributed by atoms with Crippen molar-refractivity contribution in [1.29, 1.82) is 0 Å². The molecule has 0 spiro atoms. The molecule has 0 saturated carbocycles. The lowest BCUT2D eigenvalue weighted by molar-refractivity contribution is 0.102. The summed E-state index contributed by atoms with van der Waals surface area (Å²) in [4.78, 5) is 15.2. The van der Waals surface area contributed by atoms with Crippen LogP contribution in [-0.2, 0) is 0 Å². The van der Waals surface area contributed by atoms with E-state index in [1.54, 1.807) is 24.3 Å². The van der Waals surface area contributed by atoms with Gasteiger partial charge in [0.1, 0.15) is 23.0 Å². The van der Waals surface area contributed by atoms with Crippen molar-refractivity contribution < 1.29 is 13.6 Å². The van der Waals surface area contributed by atoms with Crippen LogP contribution in [0, 0.1) is 11.6 Å². The van der Waals surface area contributed by atoms with Crippen molar-refractivity contribution in [1.82, 2.24) is 15.2 Å². The van der Waals surface area contributed by atoms with Gasteiger partial charge in [-0.1, -0.05) is 6.07 Å². The monoisotopic (exact) mass is 338 g/mol. The number of carbonyl (C=O) groups is 1. The number of halogens is 2. The highest BCUT2D eigenvalue weighted by Crippen LogP contribution is 2.26. The average molecular weight is 338 g/mol. The van der Waals surface area contributed by atoms with E-state index in [4.69, 9.17) is 0 Å². The zero-order chi connectivity index (χ0) is 17.4. The van der Waals surface area contributed by atoms with Gasteiger partial charge < -0.3 is 10.3 Å². The number of H-pyrrole nitrogens is 2. The van der Waals surface area contributed by atoms with E-state index in [-0.39, 0.29) is 5.82 Å². The van der Waals surface area contributed by atoms with E-state index in [1.807, 2.05) is 0 Å². The molecule has 0 fully saturated rings. The predicted molar refractivity (Wildman–Crippen MR) is 90.2 cm³/mol. The molecule has 25 heavy (non-hydrogen) atoms. The minimum absolute atomic E-state index is 0.303. The Morgan fingerprint density at radius 3 is 2.68 bits per heavy atom. The molecule has 0 atom stereocenters. The first-order chi connectivity index (χ1) is 12.1. The normalized spacial score (nSPS) is 11.0. The van der Waals surface area contributed by atoms with Crippen molar-refractivity contribution in [2.24, 2.45) is 0 Å². The van der Waals surface area contributed by atoms with Gasteiger partial charge in [0.2, 0.25) is 0 Å². The Bertz CT molecular complexity index is 1080. The number of nitrogens with one attached hydrogen (secondary N) is 3. The molecular weight excluding hydrogens is 326 g/mol. The minimum atomic E-state index is -0.430. The Kier molecular flexibility index (Phi) is 3.53. The zero-order valence-corrected chi connectivity index (χ0v) is 12.8. The van der Waals surface area contributed by atoms with Crippen LogP contribution in [0.15, 0.2) is 54.6 Å². The lowest BCUT2D eigenvalue weighted by atomic mass is 10.2. The number of hydrogen-bond acceptors (Lipinski definition) is 2. The van der Waals surface area contributed by atoms with Crippen LogP contribution in [0.1, 0.15) is 10.5 Å². The summed E-state index contributed by atoms with van der Waals surface area (Å²) >= 11 is 0. The van der Waals surface area contributed by atoms with Crippen molar-refractivity contribution in [3.05, 3.63) is 71.9 Å². The molecule has 124 valence electrons. The maximum Gasteiger partial charge on any atom is 0.272 e. The summed E-state index contributed by atoms with van der Waals surface area (Å²) in [5, 5.41) is 10.3. The second kappa shape index (κ2) is 5.86. The van der Waals surface area contributed by atoms with Gasteiger partial charge in [-0.2, -0.15) is 5.10 Å². The highest BCUT2D eigenvalue weighted by atomic mass is 19.1. The number of benzene rings is 2. The van der Waals surface area contributed by atoms with Gasteiger partial charge in [0.15, 0.2) is 0 Å². The molecule has 3 N–H and O–H groups in total. The van der Waals surface area contributed by atoms with Crippen LogP contribution in [0.5, 0.6) is 0 Å². The highest BCUT2D eigenvalue weighted by molar-refractivity contribution is 6.04. The van der Waals surface area contributed by atoms with Crippen molar-refractivity contribution in [3.63, 3.8) is 0 Å². The van der Waals surface area contributed by atoms with Crippen LogP contribution in [0.25, 0.3) is 22.3 Å². The fourth-order valence-corrected chi connectivity index (χ4v) is 2.63. The molecular formula is C18H12F2N4O. The second-order valence-corrected chi connectivity index (χ2v) is 5.51. The van der Waals surface area contributed by atoms with E-state index in [0.717, 1.165) is 5.39 Å². The highest BCUT2D eigenvalue weighted by Gasteiger charge is 2.14. The Morgan fingerprint density at radius 2 is 1.84 bits per heavy atom.